The lowest BCUT2D eigenvalue weighted by atomic mass is 9.63. The Labute approximate surface area is 214 Å². The minimum Gasteiger partial charge on any atom is -0.443 e. The molecule has 0 spiro atoms. The van der Waals surface area contributed by atoms with Crippen molar-refractivity contribution in [3.8, 4) is 0 Å². The molecule has 0 radical (unpaired) electrons. The second kappa shape index (κ2) is 8.52. The minimum absolute atomic E-state index is 0.315. The first-order chi connectivity index (χ1) is 17.5. The number of aliphatic hydroxyl groups excluding tert-OH is 1. The number of imide groups is 1. The van der Waals surface area contributed by atoms with Crippen molar-refractivity contribution in [2.45, 2.75) is 56.8 Å². The molecule has 1 heterocycles. The molecule has 2 aliphatic rings. The molecule has 2 amide bonds. The highest BCUT2D eigenvalue weighted by Crippen LogP contribution is 2.60. The zero-order chi connectivity index (χ0) is 26.7. The van der Waals surface area contributed by atoms with E-state index in [9.17, 15) is 24.8 Å². The molecule has 0 fully saturated rings. The van der Waals surface area contributed by atoms with Crippen molar-refractivity contribution in [3.05, 3.63) is 111 Å². The van der Waals surface area contributed by atoms with Gasteiger partial charge in [0.1, 0.15) is 17.1 Å². The fourth-order valence-corrected chi connectivity index (χ4v) is 5.85. The van der Waals surface area contributed by atoms with E-state index in [1.54, 1.807) is 93.6 Å². The van der Waals surface area contributed by atoms with Gasteiger partial charge >= 0.3 is 6.09 Å². The van der Waals surface area contributed by atoms with Gasteiger partial charge in [-0.1, -0.05) is 72.3 Å². The third-order valence-corrected chi connectivity index (χ3v) is 7.19. The van der Waals surface area contributed by atoms with Crippen LogP contribution in [0.1, 0.15) is 60.6 Å². The molecular weight excluding hydrogens is 472 g/mol. The number of anilines is 1. The van der Waals surface area contributed by atoms with Gasteiger partial charge in [0, 0.05) is 4.92 Å². The summed E-state index contributed by atoms with van der Waals surface area (Å²) in [6, 6.07) is 19.4. The summed E-state index contributed by atoms with van der Waals surface area (Å²) in [7, 11) is 0. The van der Waals surface area contributed by atoms with Gasteiger partial charge in [-0.3, -0.25) is 14.9 Å². The van der Waals surface area contributed by atoms with Gasteiger partial charge in [-0.2, -0.15) is 0 Å². The second-order valence-corrected chi connectivity index (χ2v) is 10.6. The summed E-state index contributed by atoms with van der Waals surface area (Å²) < 4.78 is 5.62. The van der Waals surface area contributed by atoms with Gasteiger partial charge in [-0.05, 0) is 56.0 Å². The number of carbonyl (C=O) groups excluding carboxylic acids is 2. The summed E-state index contributed by atoms with van der Waals surface area (Å²) >= 11 is 0. The second-order valence-electron chi connectivity index (χ2n) is 10.6. The van der Waals surface area contributed by atoms with Crippen LogP contribution in [0.25, 0.3) is 0 Å². The summed E-state index contributed by atoms with van der Waals surface area (Å²) in [4.78, 5) is 41.2. The van der Waals surface area contributed by atoms with Crippen LogP contribution in [-0.4, -0.2) is 33.7 Å². The predicted molar refractivity (Wildman–Crippen MR) is 137 cm³/mol. The van der Waals surface area contributed by atoms with Crippen molar-refractivity contribution in [1.29, 1.82) is 0 Å². The number of benzene rings is 3. The zero-order valence-electron chi connectivity index (χ0n) is 21.0. The molecule has 0 aromatic heterocycles. The van der Waals surface area contributed by atoms with E-state index in [4.69, 9.17) is 4.74 Å². The maximum Gasteiger partial charge on any atom is 0.421 e. The van der Waals surface area contributed by atoms with Crippen molar-refractivity contribution < 1.29 is 24.4 Å². The highest BCUT2D eigenvalue weighted by Gasteiger charge is 2.67. The highest BCUT2D eigenvalue weighted by atomic mass is 16.6. The van der Waals surface area contributed by atoms with Gasteiger partial charge < -0.3 is 9.84 Å². The van der Waals surface area contributed by atoms with E-state index in [0.717, 1.165) is 10.5 Å². The molecule has 8 nitrogen and oxygen atoms in total. The molecule has 0 unspecified atom stereocenters. The van der Waals surface area contributed by atoms with Crippen molar-refractivity contribution >= 4 is 17.7 Å². The molecule has 0 bridgehead atoms. The normalized spacial score (nSPS) is 24.5. The van der Waals surface area contributed by atoms with Crippen LogP contribution in [0.2, 0.25) is 0 Å². The molecule has 3 aromatic carbocycles. The first-order valence-electron chi connectivity index (χ1n) is 12.1. The minimum atomic E-state index is -1.66. The topological polar surface area (TPSA) is 110 Å². The molecule has 37 heavy (non-hydrogen) atoms. The summed E-state index contributed by atoms with van der Waals surface area (Å²) in [6.07, 6.45) is -2.28. The van der Waals surface area contributed by atoms with Gasteiger partial charge in [0.2, 0.25) is 0 Å². The summed E-state index contributed by atoms with van der Waals surface area (Å²) in [5, 5.41) is 23.7. The fourth-order valence-electron chi connectivity index (χ4n) is 5.85. The third-order valence-electron chi connectivity index (χ3n) is 7.19. The predicted octanol–water partition coefficient (Wildman–Crippen LogP) is 5.04. The number of fused-ring (bicyclic) bond motifs is 2. The number of carbonyl (C=O) groups is 2. The molecule has 1 aliphatic heterocycles. The van der Waals surface area contributed by atoms with E-state index in [1.807, 2.05) is 6.92 Å². The van der Waals surface area contributed by atoms with Crippen LogP contribution >= 0.6 is 0 Å². The molecule has 1 N–H and O–H groups in total. The number of aryl methyl sites for hydroxylation is 1. The van der Waals surface area contributed by atoms with E-state index >= 15 is 0 Å². The lowest BCUT2D eigenvalue weighted by Gasteiger charge is -2.36. The SMILES string of the molecule is Cc1ccc2c(c1)[C@](c1ccccc1)([C@H]1c3ccccc3[C@@H](O)[C@H]1[N+](=O)[O-])C(=O)N2C(=O)OC(C)(C)C. The van der Waals surface area contributed by atoms with Gasteiger partial charge in [-0.25, -0.2) is 9.69 Å². The van der Waals surface area contributed by atoms with E-state index in [0.29, 0.717) is 27.9 Å². The number of nitro groups is 1. The van der Waals surface area contributed by atoms with Crippen LogP contribution in [0, 0.1) is 17.0 Å². The van der Waals surface area contributed by atoms with Crippen LogP contribution in [0.3, 0.4) is 0 Å². The molecular formula is C29H28N2O6. The third kappa shape index (κ3) is 3.62. The number of hydrogen-bond donors (Lipinski definition) is 1. The lowest BCUT2D eigenvalue weighted by Crippen LogP contribution is -2.51. The Morgan fingerprint density at radius 1 is 1.03 bits per heavy atom. The van der Waals surface area contributed by atoms with Crippen molar-refractivity contribution in [2.24, 2.45) is 0 Å². The largest absolute Gasteiger partial charge is 0.443 e. The van der Waals surface area contributed by atoms with E-state index < -0.39 is 46.0 Å². The number of rotatable bonds is 3. The molecule has 4 atom stereocenters. The number of hydrogen-bond acceptors (Lipinski definition) is 6. The summed E-state index contributed by atoms with van der Waals surface area (Å²) in [5.41, 5.74) is 0.477. The molecule has 8 heteroatoms. The Morgan fingerprint density at radius 3 is 2.27 bits per heavy atom. The monoisotopic (exact) mass is 500 g/mol. The smallest absolute Gasteiger partial charge is 0.421 e. The Kier molecular flexibility index (Phi) is 5.68. The summed E-state index contributed by atoms with van der Waals surface area (Å²) in [6.45, 7) is 6.98. The van der Waals surface area contributed by atoms with Gasteiger partial charge in [0.15, 0.2) is 0 Å². The van der Waals surface area contributed by atoms with Crippen molar-refractivity contribution in [2.75, 3.05) is 4.90 Å². The first kappa shape index (κ1) is 24.6. The lowest BCUT2D eigenvalue weighted by molar-refractivity contribution is -0.538. The molecule has 3 aromatic rings. The molecule has 0 saturated carbocycles. The standard InChI is InChI=1S/C29H28N2O6/c1-17-14-15-22-21(16-17)29(18-10-6-5-7-11-18,26(33)30(22)27(34)37-28(2,3)4)23-19-12-8-9-13-20(19)25(32)24(23)31(35)36/h5-16,23-25,32H,1-4H3/t23-,24-,25+,29+/m0/s1. The van der Waals surface area contributed by atoms with Crippen molar-refractivity contribution in [1.82, 2.24) is 0 Å². The van der Waals surface area contributed by atoms with Crippen LogP contribution in [0.4, 0.5) is 10.5 Å². The molecule has 0 saturated heterocycles. The Balaban J connectivity index is 1.87. The Bertz CT molecular complexity index is 1410. The fraction of sp³-hybridized carbons (Fsp3) is 0.310. The van der Waals surface area contributed by atoms with E-state index in [1.165, 1.54) is 0 Å². The van der Waals surface area contributed by atoms with Crippen LogP contribution in [0.15, 0.2) is 72.8 Å². The maximum atomic E-state index is 14.7. The van der Waals surface area contributed by atoms with Crippen LogP contribution in [-0.2, 0) is 14.9 Å². The summed E-state index contributed by atoms with van der Waals surface area (Å²) in [5.74, 6) is -1.73. The number of ether oxygens (including phenoxy) is 1. The number of amides is 2. The number of aliphatic hydroxyl groups is 1. The van der Waals surface area contributed by atoms with Crippen LogP contribution < -0.4 is 4.90 Å². The Morgan fingerprint density at radius 2 is 1.65 bits per heavy atom. The van der Waals surface area contributed by atoms with Gasteiger partial charge in [0.25, 0.3) is 11.9 Å². The molecule has 5 rings (SSSR count). The van der Waals surface area contributed by atoms with E-state index in [2.05, 4.69) is 0 Å². The Hall–Kier alpha value is -4.04. The molecule has 1 aliphatic carbocycles. The quantitative estimate of drug-likeness (QED) is 0.399. The average Bonchev–Trinajstić information content (AvgIpc) is 3.27. The zero-order valence-corrected chi connectivity index (χ0v) is 21.0. The van der Waals surface area contributed by atoms with E-state index in [-0.39, 0.29) is 0 Å². The average molecular weight is 501 g/mol. The van der Waals surface area contributed by atoms with Gasteiger partial charge in [-0.15, -0.1) is 0 Å². The van der Waals surface area contributed by atoms with Crippen LogP contribution in [0.5, 0.6) is 0 Å². The molecule has 190 valence electrons. The highest BCUT2D eigenvalue weighted by molar-refractivity contribution is 6.23. The number of nitrogens with zero attached hydrogens (tertiary/aromatic N) is 2. The maximum absolute atomic E-state index is 14.7. The van der Waals surface area contributed by atoms with Crippen molar-refractivity contribution in [3.63, 3.8) is 0 Å². The van der Waals surface area contributed by atoms with Gasteiger partial charge in [0.05, 0.1) is 11.6 Å². The first-order valence-corrected chi connectivity index (χ1v) is 12.1.